The number of benzene rings is 1. The van der Waals surface area contributed by atoms with Gasteiger partial charge in [-0.25, -0.2) is 0 Å². The van der Waals surface area contributed by atoms with E-state index in [-0.39, 0.29) is 6.61 Å². The Kier molecular flexibility index (Phi) is 6.88. The summed E-state index contributed by atoms with van der Waals surface area (Å²) in [6, 6.07) is 7.23. The first-order valence-electron chi connectivity index (χ1n) is 6.02. The van der Waals surface area contributed by atoms with Crippen molar-refractivity contribution in [2.24, 2.45) is 5.73 Å². The van der Waals surface area contributed by atoms with Gasteiger partial charge in [-0.2, -0.15) is 0 Å². The molecule has 0 fully saturated rings. The van der Waals surface area contributed by atoms with Gasteiger partial charge in [-0.05, 0) is 17.7 Å². The lowest BCUT2D eigenvalue weighted by Crippen LogP contribution is -2.27. The van der Waals surface area contributed by atoms with Crippen molar-refractivity contribution in [3.05, 3.63) is 29.8 Å². The van der Waals surface area contributed by atoms with Gasteiger partial charge in [0, 0.05) is 13.1 Å². The number of hydrogen-bond acceptors (Lipinski definition) is 5. The highest BCUT2D eigenvalue weighted by Crippen LogP contribution is 2.16. The molecule has 0 radical (unpaired) electrons. The maximum absolute atomic E-state index is 10.4. The zero-order chi connectivity index (χ0) is 14.1. The van der Waals surface area contributed by atoms with Crippen LogP contribution >= 0.6 is 0 Å². The van der Waals surface area contributed by atoms with Crippen LogP contribution in [0.25, 0.3) is 0 Å². The number of carbonyl (C=O) groups excluding carboxylic acids is 1. The molecule has 0 bridgehead atoms. The van der Waals surface area contributed by atoms with Gasteiger partial charge in [-0.3, -0.25) is 4.79 Å². The third-order valence-electron chi connectivity index (χ3n) is 2.51. The summed E-state index contributed by atoms with van der Waals surface area (Å²) in [6.45, 7) is 1.24. The Morgan fingerprint density at radius 2 is 2.11 bits per heavy atom. The van der Waals surface area contributed by atoms with Gasteiger partial charge in [0.2, 0.25) is 5.91 Å². The summed E-state index contributed by atoms with van der Waals surface area (Å²) in [5, 5.41) is 12.9. The van der Waals surface area contributed by atoms with Gasteiger partial charge < -0.3 is 25.6 Å². The molecule has 1 aromatic rings. The van der Waals surface area contributed by atoms with Crippen LogP contribution in [0.3, 0.4) is 0 Å². The van der Waals surface area contributed by atoms with E-state index in [4.69, 9.17) is 15.2 Å². The molecule has 0 aliphatic heterocycles. The topological polar surface area (TPSA) is 93.8 Å². The van der Waals surface area contributed by atoms with E-state index in [1.807, 2.05) is 12.1 Å². The first-order chi connectivity index (χ1) is 9.13. The van der Waals surface area contributed by atoms with Crippen molar-refractivity contribution < 1.29 is 19.4 Å². The summed E-state index contributed by atoms with van der Waals surface area (Å²) in [6.07, 6.45) is -0.595. The lowest BCUT2D eigenvalue weighted by atomic mass is 10.1. The molecule has 0 heterocycles. The van der Waals surface area contributed by atoms with Crippen LogP contribution in [-0.4, -0.2) is 44.4 Å². The number of rotatable bonds is 9. The zero-order valence-corrected chi connectivity index (χ0v) is 11.0. The van der Waals surface area contributed by atoms with Crippen LogP contribution in [0.5, 0.6) is 5.75 Å². The molecule has 1 aromatic carbocycles. The average molecular weight is 268 g/mol. The molecule has 4 N–H and O–H groups in total. The normalized spacial score (nSPS) is 12.1. The van der Waals surface area contributed by atoms with E-state index >= 15 is 0 Å². The second kappa shape index (κ2) is 8.47. The zero-order valence-electron chi connectivity index (χ0n) is 11.0. The molecular weight excluding hydrogens is 248 g/mol. The summed E-state index contributed by atoms with van der Waals surface area (Å²) < 4.78 is 10.0. The predicted molar refractivity (Wildman–Crippen MR) is 70.8 cm³/mol. The monoisotopic (exact) mass is 268 g/mol. The molecule has 6 heteroatoms. The molecule has 0 saturated carbocycles. The van der Waals surface area contributed by atoms with Crippen molar-refractivity contribution in [3.63, 3.8) is 0 Å². The summed E-state index contributed by atoms with van der Waals surface area (Å²) >= 11 is 0. The molecular formula is C13H20N2O4. The van der Waals surface area contributed by atoms with Crippen LogP contribution in [0.15, 0.2) is 24.3 Å². The van der Waals surface area contributed by atoms with E-state index in [0.717, 1.165) is 11.3 Å². The Hall–Kier alpha value is -1.63. The Balaban J connectivity index is 2.19. The minimum atomic E-state index is -0.595. The number of methoxy groups -OCH3 is 1. The SMILES string of the molecule is COc1ccc(C(O)CNCCOCC(N)=O)cc1. The minimum Gasteiger partial charge on any atom is -0.497 e. The number of ether oxygens (including phenoxy) is 2. The molecule has 1 rings (SSSR count). The fourth-order valence-corrected chi connectivity index (χ4v) is 1.50. The van der Waals surface area contributed by atoms with Crippen molar-refractivity contribution >= 4 is 5.91 Å². The van der Waals surface area contributed by atoms with Crippen molar-refractivity contribution in [3.8, 4) is 5.75 Å². The number of amides is 1. The van der Waals surface area contributed by atoms with Crippen LogP contribution in [0, 0.1) is 0 Å². The summed E-state index contributed by atoms with van der Waals surface area (Å²) in [5.41, 5.74) is 5.73. The Bertz CT molecular complexity index is 381. The van der Waals surface area contributed by atoms with Gasteiger partial charge >= 0.3 is 0 Å². The summed E-state index contributed by atoms with van der Waals surface area (Å²) in [7, 11) is 1.60. The number of carbonyl (C=O) groups is 1. The molecule has 0 aliphatic rings. The van der Waals surface area contributed by atoms with E-state index in [1.165, 1.54) is 0 Å². The van der Waals surface area contributed by atoms with Gasteiger partial charge in [0.25, 0.3) is 0 Å². The summed E-state index contributed by atoms with van der Waals surface area (Å²) in [5.74, 6) is 0.266. The number of hydrogen-bond donors (Lipinski definition) is 3. The van der Waals surface area contributed by atoms with Crippen molar-refractivity contribution in [2.45, 2.75) is 6.10 Å². The number of primary amides is 1. The fraction of sp³-hybridized carbons (Fsp3) is 0.462. The highest BCUT2D eigenvalue weighted by molar-refractivity contribution is 5.74. The summed E-state index contributed by atoms with van der Waals surface area (Å²) in [4.78, 5) is 10.4. The van der Waals surface area contributed by atoms with E-state index in [1.54, 1.807) is 19.2 Å². The first-order valence-corrected chi connectivity index (χ1v) is 6.02. The van der Waals surface area contributed by atoms with Crippen LogP contribution in [0.1, 0.15) is 11.7 Å². The molecule has 0 aliphatic carbocycles. The molecule has 0 spiro atoms. The maximum atomic E-state index is 10.4. The third kappa shape index (κ3) is 6.19. The number of nitrogens with one attached hydrogen (secondary N) is 1. The molecule has 1 atom stereocenters. The largest absolute Gasteiger partial charge is 0.497 e. The smallest absolute Gasteiger partial charge is 0.243 e. The molecule has 106 valence electrons. The van der Waals surface area contributed by atoms with E-state index in [0.29, 0.717) is 19.7 Å². The molecule has 0 aromatic heterocycles. The van der Waals surface area contributed by atoms with Crippen LogP contribution in [0.4, 0.5) is 0 Å². The van der Waals surface area contributed by atoms with Crippen LogP contribution < -0.4 is 15.8 Å². The number of aliphatic hydroxyl groups excluding tert-OH is 1. The molecule has 6 nitrogen and oxygen atoms in total. The van der Waals surface area contributed by atoms with Crippen LogP contribution in [-0.2, 0) is 9.53 Å². The third-order valence-corrected chi connectivity index (χ3v) is 2.51. The Morgan fingerprint density at radius 3 is 2.68 bits per heavy atom. The molecule has 0 saturated heterocycles. The van der Waals surface area contributed by atoms with Crippen molar-refractivity contribution in [1.29, 1.82) is 0 Å². The standard InChI is InChI=1S/C13H20N2O4/c1-18-11-4-2-10(3-5-11)12(16)8-15-6-7-19-9-13(14)17/h2-5,12,15-16H,6-9H2,1H3,(H2,14,17). The number of aliphatic hydroxyl groups is 1. The first kappa shape index (κ1) is 15.4. The van der Waals surface area contributed by atoms with E-state index in [2.05, 4.69) is 5.32 Å². The molecule has 1 amide bonds. The highest BCUT2D eigenvalue weighted by Gasteiger charge is 2.06. The van der Waals surface area contributed by atoms with Crippen molar-refractivity contribution in [2.75, 3.05) is 33.4 Å². The van der Waals surface area contributed by atoms with Gasteiger partial charge in [0.05, 0.1) is 19.8 Å². The second-order valence-corrected chi connectivity index (χ2v) is 4.01. The van der Waals surface area contributed by atoms with Gasteiger partial charge in [-0.15, -0.1) is 0 Å². The van der Waals surface area contributed by atoms with Crippen LogP contribution in [0.2, 0.25) is 0 Å². The van der Waals surface area contributed by atoms with E-state index in [9.17, 15) is 9.90 Å². The minimum absolute atomic E-state index is 0.0806. The highest BCUT2D eigenvalue weighted by atomic mass is 16.5. The maximum Gasteiger partial charge on any atom is 0.243 e. The van der Waals surface area contributed by atoms with Gasteiger partial charge in [-0.1, -0.05) is 12.1 Å². The predicted octanol–water partition coefficient (Wildman–Crippen LogP) is -0.180. The van der Waals surface area contributed by atoms with Gasteiger partial charge in [0.15, 0.2) is 0 Å². The second-order valence-electron chi connectivity index (χ2n) is 4.01. The van der Waals surface area contributed by atoms with Gasteiger partial charge in [0.1, 0.15) is 12.4 Å². The Morgan fingerprint density at radius 1 is 1.42 bits per heavy atom. The lowest BCUT2D eigenvalue weighted by molar-refractivity contribution is -0.122. The number of nitrogens with two attached hydrogens (primary N) is 1. The molecule has 19 heavy (non-hydrogen) atoms. The average Bonchev–Trinajstić information content (AvgIpc) is 2.42. The van der Waals surface area contributed by atoms with Crippen molar-refractivity contribution in [1.82, 2.24) is 5.32 Å². The lowest BCUT2D eigenvalue weighted by Gasteiger charge is -2.12. The fourth-order valence-electron chi connectivity index (χ4n) is 1.50. The van der Waals surface area contributed by atoms with E-state index < -0.39 is 12.0 Å². The Labute approximate surface area is 112 Å². The molecule has 1 unspecified atom stereocenters. The quantitative estimate of drug-likeness (QED) is 0.540.